The largest absolute Gasteiger partial charge is 0.330 e. The molecule has 0 unspecified atom stereocenters. The number of aryl methyl sites for hydroxylation is 1. The van der Waals surface area contributed by atoms with Crippen molar-refractivity contribution < 1.29 is 0 Å². The van der Waals surface area contributed by atoms with E-state index in [2.05, 4.69) is 38.1 Å². The van der Waals surface area contributed by atoms with Crippen LogP contribution in [0.15, 0.2) is 24.3 Å². The molecule has 1 nitrogen and oxygen atoms in total. The quantitative estimate of drug-likeness (QED) is 0.788. The zero-order valence-electron chi connectivity index (χ0n) is 13.4. The molecule has 1 aromatic carbocycles. The average molecular weight is 263 g/mol. The van der Waals surface area contributed by atoms with Gasteiger partial charge in [0.15, 0.2) is 0 Å². The lowest BCUT2D eigenvalue weighted by Gasteiger charge is -2.25. The van der Waals surface area contributed by atoms with Crippen molar-refractivity contribution in [2.45, 2.75) is 72.1 Å². The predicted molar refractivity (Wildman–Crippen MR) is 87.7 cm³/mol. The Morgan fingerprint density at radius 3 is 2.42 bits per heavy atom. The maximum absolute atomic E-state index is 5.57. The van der Waals surface area contributed by atoms with Crippen molar-refractivity contribution in [2.24, 2.45) is 5.73 Å². The molecule has 0 amide bonds. The van der Waals surface area contributed by atoms with Gasteiger partial charge in [0.05, 0.1) is 0 Å². The summed E-state index contributed by atoms with van der Waals surface area (Å²) < 4.78 is 0. The summed E-state index contributed by atoms with van der Waals surface area (Å²) in [5.41, 5.74) is 8.73. The summed E-state index contributed by atoms with van der Waals surface area (Å²) in [5, 5.41) is 0. The summed E-state index contributed by atoms with van der Waals surface area (Å²) in [6.45, 7) is 9.08. The van der Waals surface area contributed by atoms with Crippen molar-refractivity contribution in [3.05, 3.63) is 35.4 Å². The molecule has 2 rings (SSSR count). The van der Waals surface area contributed by atoms with Gasteiger partial charge in [-0.25, -0.2) is 0 Å². The van der Waals surface area contributed by atoms with E-state index in [1.807, 2.05) is 13.8 Å². The number of fused-ring (bicyclic) bond motifs is 1. The third-order valence-corrected chi connectivity index (χ3v) is 3.25. The second kappa shape index (κ2) is 12.2. The lowest BCUT2D eigenvalue weighted by atomic mass is 9.80. The average Bonchev–Trinajstić information content (AvgIpc) is 2.48. The number of rotatable bonds is 3. The lowest BCUT2D eigenvalue weighted by molar-refractivity contribution is 0.508. The molecule has 0 aliphatic heterocycles. The Morgan fingerprint density at radius 1 is 1.16 bits per heavy atom. The van der Waals surface area contributed by atoms with Crippen molar-refractivity contribution >= 4 is 0 Å². The molecule has 1 atom stereocenters. The van der Waals surface area contributed by atoms with Gasteiger partial charge in [-0.3, -0.25) is 0 Å². The third kappa shape index (κ3) is 6.77. The maximum Gasteiger partial charge on any atom is -0.00771 e. The topological polar surface area (TPSA) is 26.0 Å². The molecule has 2 N–H and O–H groups in total. The first-order valence-electron chi connectivity index (χ1n) is 8.11. The molecule has 0 aromatic heterocycles. The van der Waals surface area contributed by atoms with Gasteiger partial charge in [0.2, 0.25) is 0 Å². The van der Waals surface area contributed by atoms with Crippen molar-refractivity contribution in [3.8, 4) is 0 Å². The van der Waals surface area contributed by atoms with Gasteiger partial charge < -0.3 is 5.73 Å². The molecule has 1 aromatic rings. The van der Waals surface area contributed by atoms with Gasteiger partial charge in [-0.2, -0.15) is 0 Å². The zero-order chi connectivity index (χ0) is 14.5. The van der Waals surface area contributed by atoms with E-state index in [4.69, 9.17) is 5.73 Å². The molecule has 19 heavy (non-hydrogen) atoms. The van der Waals surface area contributed by atoms with E-state index >= 15 is 0 Å². The molecule has 1 heteroatoms. The number of benzene rings is 1. The molecule has 1 aliphatic carbocycles. The van der Waals surface area contributed by atoms with Crippen LogP contribution in [-0.4, -0.2) is 6.54 Å². The molecule has 0 saturated carbocycles. The van der Waals surface area contributed by atoms with Gasteiger partial charge in [0.1, 0.15) is 0 Å². The van der Waals surface area contributed by atoms with E-state index in [0.717, 1.165) is 12.5 Å². The van der Waals surface area contributed by atoms with Gasteiger partial charge in [-0.05, 0) is 55.7 Å². The number of hydrogen-bond acceptors (Lipinski definition) is 1. The van der Waals surface area contributed by atoms with Crippen molar-refractivity contribution in [2.75, 3.05) is 6.54 Å². The smallest absolute Gasteiger partial charge is 0.00771 e. The zero-order valence-corrected chi connectivity index (χ0v) is 13.4. The molecule has 1 aliphatic rings. The molecule has 0 saturated heterocycles. The van der Waals surface area contributed by atoms with Crippen LogP contribution in [0.5, 0.6) is 0 Å². The minimum absolute atomic E-state index is 0.781. The van der Waals surface area contributed by atoms with E-state index in [9.17, 15) is 0 Å². The third-order valence-electron chi connectivity index (χ3n) is 3.25. The molecule has 0 spiro atoms. The Bertz CT molecular complexity index is 306. The van der Waals surface area contributed by atoms with Gasteiger partial charge in [0, 0.05) is 0 Å². The normalized spacial score (nSPS) is 16.4. The molecule has 0 fully saturated rings. The first kappa shape index (κ1) is 18.2. The Balaban J connectivity index is 0.000000573. The molecule has 0 bridgehead atoms. The number of hydrogen-bond donors (Lipinski definition) is 1. The SMILES string of the molecule is CC.CCC.NCCC[C@H]1CCCc2ccccc21. The van der Waals surface area contributed by atoms with Crippen LogP contribution in [0, 0.1) is 0 Å². The van der Waals surface area contributed by atoms with Gasteiger partial charge in [-0.1, -0.05) is 58.4 Å². The maximum atomic E-state index is 5.57. The van der Waals surface area contributed by atoms with Crippen LogP contribution >= 0.6 is 0 Å². The second-order valence-electron chi connectivity index (χ2n) is 4.93. The summed E-state index contributed by atoms with van der Waals surface area (Å²) >= 11 is 0. The van der Waals surface area contributed by atoms with E-state index < -0.39 is 0 Å². The fraction of sp³-hybridized carbons (Fsp3) is 0.667. The summed E-state index contributed by atoms with van der Waals surface area (Å²) in [4.78, 5) is 0. The monoisotopic (exact) mass is 263 g/mol. The molecule has 0 heterocycles. The molecular weight excluding hydrogens is 230 g/mol. The van der Waals surface area contributed by atoms with Crippen molar-refractivity contribution in [1.29, 1.82) is 0 Å². The Kier molecular flexibility index (Phi) is 11.7. The summed E-state index contributed by atoms with van der Waals surface area (Å²) in [7, 11) is 0. The van der Waals surface area contributed by atoms with Crippen LogP contribution in [-0.2, 0) is 6.42 Å². The summed E-state index contributed by atoms with van der Waals surface area (Å²) in [6.07, 6.45) is 7.67. The molecular formula is C18H33N. The molecule has 0 radical (unpaired) electrons. The highest BCUT2D eigenvalue weighted by Gasteiger charge is 2.18. The van der Waals surface area contributed by atoms with E-state index in [1.165, 1.54) is 38.5 Å². The highest BCUT2D eigenvalue weighted by molar-refractivity contribution is 5.32. The van der Waals surface area contributed by atoms with Gasteiger partial charge >= 0.3 is 0 Å². The van der Waals surface area contributed by atoms with Crippen molar-refractivity contribution in [3.63, 3.8) is 0 Å². The Morgan fingerprint density at radius 2 is 1.79 bits per heavy atom. The van der Waals surface area contributed by atoms with Crippen molar-refractivity contribution in [1.82, 2.24) is 0 Å². The van der Waals surface area contributed by atoms with E-state index in [0.29, 0.717) is 0 Å². The van der Waals surface area contributed by atoms with E-state index in [1.54, 1.807) is 11.1 Å². The molecule has 110 valence electrons. The standard InChI is InChI=1S/C13H19N.C3H8.C2H6/c14-10-4-8-12-7-3-6-11-5-1-2-9-13(11)12;1-3-2;1-2/h1-2,5,9,12H,3-4,6-8,10,14H2;3H2,1-2H3;1-2H3/t12-;;/m1../s1. The van der Waals surface area contributed by atoms with Crippen LogP contribution in [0.25, 0.3) is 0 Å². The first-order chi connectivity index (χ1) is 9.33. The van der Waals surface area contributed by atoms with E-state index in [-0.39, 0.29) is 0 Å². The minimum Gasteiger partial charge on any atom is -0.330 e. The fourth-order valence-electron chi connectivity index (χ4n) is 2.52. The summed E-state index contributed by atoms with van der Waals surface area (Å²) in [5.74, 6) is 0.781. The number of nitrogens with two attached hydrogens (primary N) is 1. The lowest BCUT2D eigenvalue weighted by Crippen LogP contribution is -2.11. The minimum atomic E-state index is 0.781. The Labute approximate surface area is 120 Å². The first-order valence-corrected chi connectivity index (χ1v) is 8.11. The Hall–Kier alpha value is -0.820. The van der Waals surface area contributed by atoms with Gasteiger partial charge in [-0.15, -0.1) is 0 Å². The van der Waals surface area contributed by atoms with Crippen LogP contribution < -0.4 is 5.73 Å². The fourth-order valence-corrected chi connectivity index (χ4v) is 2.52. The van der Waals surface area contributed by atoms with Crippen LogP contribution in [0.1, 0.15) is 76.8 Å². The van der Waals surface area contributed by atoms with Gasteiger partial charge in [0.25, 0.3) is 0 Å². The highest BCUT2D eigenvalue weighted by Crippen LogP contribution is 2.34. The highest BCUT2D eigenvalue weighted by atomic mass is 14.5. The second-order valence-corrected chi connectivity index (χ2v) is 4.93. The predicted octanol–water partition coefficient (Wildman–Crippen LogP) is 5.29. The van der Waals surface area contributed by atoms with Crippen LogP contribution in [0.4, 0.5) is 0 Å². The van der Waals surface area contributed by atoms with Crippen LogP contribution in [0.3, 0.4) is 0 Å². The van der Waals surface area contributed by atoms with Crippen LogP contribution in [0.2, 0.25) is 0 Å². The summed E-state index contributed by atoms with van der Waals surface area (Å²) in [6, 6.07) is 8.91.